The Morgan fingerprint density at radius 1 is 1.45 bits per heavy atom. The Balaban J connectivity index is 1.91. The Kier molecular flexibility index (Phi) is 4.38. The van der Waals surface area contributed by atoms with Crippen molar-refractivity contribution in [3.05, 3.63) is 40.0 Å². The molecule has 0 saturated carbocycles. The Labute approximate surface area is 134 Å². The molecule has 116 valence electrons. The number of pyridine rings is 1. The number of rotatable bonds is 3. The number of aryl methyl sites for hydroxylation is 1. The lowest BCUT2D eigenvalue weighted by molar-refractivity contribution is 0.0607. The second-order valence-corrected chi connectivity index (χ2v) is 6.29. The van der Waals surface area contributed by atoms with E-state index in [0.29, 0.717) is 11.4 Å². The van der Waals surface area contributed by atoms with E-state index in [1.165, 1.54) is 7.11 Å². The van der Waals surface area contributed by atoms with Crippen LogP contribution in [0.3, 0.4) is 0 Å². The third kappa shape index (κ3) is 2.83. The number of carbonyl (C=O) groups is 1. The van der Waals surface area contributed by atoms with E-state index in [2.05, 4.69) is 9.97 Å². The quantitative estimate of drug-likeness (QED) is 0.872. The zero-order valence-electron chi connectivity index (χ0n) is 12.8. The molecule has 1 aliphatic heterocycles. The maximum absolute atomic E-state index is 13.0. The van der Waals surface area contributed by atoms with E-state index in [1.54, 1.807) is 29.7 Å². The largest absolute Gasteiger partial charge is 0.480 e. The lowest BCUT2D eigenvalue weighted by Crippen LogP contribution is -2.38. The highest BCUT2D eigenvalue weighted by Crippen LogP contribution is 2.34. The van der Waals surface area contributed by atoms with Crippen LogP contribution in [0.2, 0.25) is 0 Å². The van der Waals surface area contributed by atoms with Crippen molar-refractivity contribution in [2.24, 2.45) is 0 Å². The molecule has 0 spiro atoms. The summed E-state index contributed by atoms with van der Waals surface area (Å²) in [7, 11) is 1.54. The molecular weight excluding hydrogens is 298 g/mol. The number of thiazole rings is 1. The molecule has 1 saturated heterocycles. The van der Waals surface area contributed by atoms with E-state index in [0.717, 1.165) is 36.5 Å². The van der Waals surface area contributed by atoms with Crippen LogP contribution in [0.15, 0.2) is 23.7 Å². The fraction of sp³-hybridized carbons (Fsp3) is 0.438. The Bertz CT molecular complexity index is 671. The molecule has 1 atom stereocenters. The molecule has 1 amide bonds. The van der Waals surface area contributed by atoms with Crippen LogP contribution in [0.5, 0.6) is 5.88 Å². The number of carbonyl (C=O) groups excluding carboxylic acids is 1. The van der Waals surface area contributed by atoms with Crippen LogP contribution in [0, 0.1) is 6.92 Å². The zero-order valence-corrected chi connectivity index (χ0v) is 13.6. The zero-order chi connectivity index (χ0) is 15.5. The van der Waals surface area contributed by atoms with Crippen molar-refractivity contribution in [1.82, 2.24) is 14.9 Å². The van der Waals surface area contributed by atoms with Crippen molar-refractivity contribution in [1.29, 1.82) is 0 Å². The van der Waals surface area contributed by atoms with E-state index in [-0.39, 0.29) is 11.9 Å². The summed E-state index contributed by atoms with van der Waals surface area (Å²) in [6.07, 6.45) is 4.74. The molecule has 0 aliphatic carbocycles. The van der Waals surface area contributed by atoms with Gasteiger partial charge in [-0.25, -0.2) is 9.97 Å². The molecule has 6 heteroatoms. The Morgan fingerprint density at radius 3 is 3.05 bits per heavy atom. The van der Waals surface area contributed by atoms with Gasteiger partial charge >= 0.3 is 0 Å². The molecule has 1 aliphatic rings. The summed E-state index contributed by atoms with van der Waals surface area (Å²) in [6.45, 7) is 2.74. The van der Waals surface area contributed by atoms with Gasteiger partial charge in [-0.05, 0) is 38.3 Å². The number of nitrogens with zero attached hydrogens (tertiary/aromatic N) is 3. The van der Waals surface area contributed by atoms with Gasteiger partial charge in [0.2, 0.25) is 5.88 Å². The molecule has 2 aromatic rings. The summed E-state index contributed by atoms with van der Waals surface area (Å²) in [6, 6.07) is 3.60. The third-order valence-corrected chi connectivity index (χ3v) is 4.94. The van der Waals surface area contributed by atoms with Crippen LogP contribution in [0.4, 0.5) is 0 Å². The van der Waals surface area contributed by atoms with E-state index in [4.69, 9.17) is 4.74 Å². The summed E-state index contributed by atoms with van der Waals surface area (Å²) < 4.78 is 5.23. The SMILES string of the molecule is COc1ncccc1C(=O)N1CCCCC1c1nc(C)cs1. The highest BCUT2D eigenvalue weighted by Gasteiger charge is 2.32. The number of piperidine rings is 1. The predicted octanol–water partition coefficient (Wildman–Crippen LogP) is 3.22. The first-order valence-electron chi connectivity index (χ1n) is 7.42. The lowest BCUT2D eigenvalue weighted by atomic mass is 10.0. The molecule has 3 heterocycles. The van der Waals surface area contributed by atoms with E-state index >= 15 is 0 Å². The van der Waals surface area contributed by atoms with Gasteiger partial charge in [0.25, 0.3) is 5.91 Å². The molecule has 0 aromatic carbocycles. The lowest BCUT2D eigenvalue weighted by Gasteiger charge is -2.34. The smallest absolute Gasteiger partial charge is 0.259 e. The molecule has 1 fully saturated rings. The average Bonchev–Trinajstić information content (AvgIpc) is 3.00. The van der Waals surface area contributed by atoms with Crippen molar-refractivity contribution in [2.75, 3.05) is 13.7 Å². The van der Waals surface area contributed by atoms with Crippen LogP contribution < -0.4 is 4.74 Å². The molecule has 2 aromatic heterocycles. The summed E-state index contributed by atoms with van der Waals surface area (Å²) in [5.74, 6) is 0.356. The van der Waals surface area contributed by atoms with Crippen molar-refractivity contribution >= 4 is 17.2 Å². The van der Waals surface area contributed by atoms with Crippen LogP contribution in [0.25, 0.3) is 0 Å². The molecule has 3 rings (SSSR count). The average molecular weight is 317 g/mol. The van der Waals surface area contributed by atoms with Gasteiger partial charge in [-0.1, -0.05) is 0 Å². The van der Waals surface area contributed by atoms with E-state index in [1.807, 2.05) is 17.2 Å². The van der Waals surface area contributed by atoms with Crippen molar-refractivity contribution in [3.63, 3.8) is 0 Å². The van der Waals surface area contributed by atoms with Crippen LogP contribution in [0.1, 0.15) is 46.4 Å². The molecule has 1 unspecified atom stereocenters. The van der Waals surface area contributed by atoms with Crippen LogP contribution >= 0.6 is 11.3 Å². The second kappa shape index (κ2) is 6.44. The fourth-order valence-corrected chi connectivity index (χ4v) is 3.77. The Morgan fingerprint density at radius 2 is 2.32 bits per heavy atom. The fourth-order valence-electron chi connectivity index (χ4n) is 2.83. The number of amides is 1. The van der Waals surface area contributed by atoms with Gasteiger partial charge in [-0.15, -0.1) is 11.3 Å². The molecule has 22 heavy (non-hydrogen) atoms. The molecule has 0 bridgehead atoms. The number of hydrogen-bond donors (Lipinski definition) is 0. The predicted molar refractivity (Wildman–Crippen MR) is 85.3 cm³/mol. The van der Waals surface area contributed by atoms with Crippen molar-refractivity contribution in [3.8, 4) is 5.88 Å². The van der Waals surface area contributed by atoms with Gasteiger partial charge in [0.1, 0.15) is 10.6 Å². The van der Waals surface area contributed by atoms with Gasteiger partial charge in [-0.2, -0.15) is 0 Å². The van der Waals surface area contributed by atoms with Crippen LogP contribution in [-0.4, -0.2) is 34.4 Å². The number of ether oxygens (including phenoxy) is 1. The maximum atomic E-state index is 13.0. The van der Waals surface area contributed by atoms with Crippen LogP contribution in [-0.2, 0) is 0 Å². The monoisotopic (exact) mass is 317 g/mol. The van der Waals surface area contributed by atoms with E-state index < -0.39 is 0 Å². The van der Waals surface area contributed by atoms with Gasteiger partial charge in [0.15, 0.2) is 0 Å². The highest BCUT2D eigenvalue weighted by molar-refractivity contribution is 7.09. The summed E-state index contributed by atoms with van der Waals surface area (Å²) >= 11 is 1.63. The minimum Gasteiger partial charge on any atom is -0.480 e. The van der Waals surface area contributed by atoms with Crippen molar-refractivity contribution < 1.29 is 9.53 Å². The summed E-state index contributed by atoms with van der Waals surface area (Å²) in [5.41, 5.74) is 1.53. The second-order valence-electron chi connectivity index (χ2n) is 5.40. The first kappa shape index (κ1) is 15.0. The summed E-state index contributed by atoms with van der Waals surface area (Å²) in [5, 5.41) is 3.06. The van der Waals surface area contributed by atoms with Gasteiger partial charge in [0, 0.05) is 23.8 Å². The standard InChI is InChI=1S/C16H19N3O2S/c1-11-10-22-15(18-11)13-7-3-4-9-19(13)16(20)12-6-5-8-17-14(12)21-2/h5-6,8,10,13H,3-4,7,9H2,1-2H3. The first-order valence-corrected chi connectivity index (χ1v) is 8.30. The molecule has 0 N–H and O–H groups in total. The highest BCUT2D eigenvalue weighted by atomic mass is 32.1. The normalized spacial score (nSPS) is 18.3. The minimum atomic E-state index is -0.0255. The number of hydrogen-bond acceptors (Lipinski definition) is 5. The molecule has 0 radical (unpaired) electrons. The topological polar surface area (TPSA) is 55.3 Å². The molecular formula is C16H19N3O2S. The number of aromatic nitrogens is 2. The van der Waals surface area contributed by atoms with E-state index in [9.17, 15) is 4.79 Å². The van der Waals surface area contributed by atoms with Gasteiger partial charge in [0.05, 0.1) is 13.2 Å². The first-order chi connectivity index (χ1) is 10.7. The van der Waals surface area contributed by atoms with Gasteiger partial charge in [-0.3, -0.25) is 4.79 Å². The molecule has 5 nitrogen and oxygen atoms in total. The number of methoxy groups -OCH3 is 1. The maximum Gasteiger partial charge on any atom is 0.259 e. The number of likely N-dealkylation sites (tertiary alicyclic amines) is 1. The minimum absolute atomic E-state index is 0.0255. The Hall–Kier alpha value is -1.95. The van der Waals surface area contributed by atoms with Gasteiger partial charge < -0.3 is 9.64 Å². The van der Waals surface area contributed by atoms with Crippen molar-refractivity contribution in [2.45, 2.75) is 32.2 Å². The third-order valence-electron chi connectivity index (χ3n) is 3.88. The summed E-state index contributed by atoms with van der Waals surface area (Å²) in [4.78, 5) is 23.6.